The van der Waals surface area contributed by atoms with Gasteiger partial charge in [-0.2, -0.15) is 0 Å². The summed E-state index contributed by atoms with van der Waals surface area (Å²) in [5.74, 6) is -0.191. The summed E-state index contributed by atoms with van der Waals surface area (Å²) in [5, 5.41) is 0. The van der Waals surface area contributed by atoms with Crippen LogP contribution in [0.3, 0.4) is 0 Å². The van der Waals surface area contributed by atoms with E-state index in [-0.39, 0.29) is 11.7 Å². The summed E-state index contributed by atoms with van der Waals surface area (Å²) in [6.07, 6.45) is 1.05. The lowest BCUT2D eigenvalue weighted by Gasteiger charge is -2.37. The highest BCUT2D eigenvalue weighted by Crippen LogP contribution is 2.44. The maximum absolute atomic E-state index is 11.9. The number of rotatable bonds is 2. The minimum atomic E-state index is -3.17. The number of esters is 1. The van der Waals surface area contributed by atoms with Gasteiger partial charge in [0, 0.05) is 31.5 Å². The first kappa shape index (κ1) is 13.6. The normalized spacial score (nSPS) is 21.8. The van der Waals surface area contributed by atoms with Crippen LogP contribution in [0.25, 0.3) is 0 Å². The van der Waals surface area contributed by atoms with E-state index in [2.05, 4.69) is 0 Å². The van der Waals surface area contributed by atoms with Gasteiger partial charge < -0.3 is 4.74 Å². The summed E-state index contributed by atoms with van der Waals surface area (Å²) in [6, 6.07) is 7.37. The van der Waals surface area contributed by atoms with Gasteiger partial charge in [0.05, 0.1) is 11.3 Å². The van der Waals surface area contributed by atoms with Crippen molar-refractivity contribution >= 4 is 16.0 Å². The first-order valence-electron chi connectivity index (χ1n) is 6.79. The Morgan fingerprint density at radius 2 is 1.90 bits per heavy atom. The van der Waals surface area contributed by atoms with E-state index in [1.807, 2.05) is 18.2 Å². The van der Waals surface area contributed by atoms with Crippen LogP contribution in [0.5, 0.6) is 0 Å². The molecule has 0 N–H and O–H groups in total. The van der Waals surface area contributed by atoms with Gasteiger partial charge in [-0.15, -0.1) is 0 Å². The molecular weight excluding hydrogens is 278 g/mol. The van der Waals surface area contributed by atoms with Crippen LogP contribution in [0, 0.1) is 0 Å². The minimum absolute atomic E-state index is 0.108. The zero-order valence-corrected chi connectivity index (χ0v) is 12.1. The van der Waals surface area contributed by atoms with E-state index in [0.717, 1.165) is 5.56 Å². The Labute approximate surface area is 118 Å². The summed E-state index contributed by atoms with van der Waals surface area (Å²) >= 11 is 0. The molecule has 6 heteroatoms. The molecule has 20 heavy (non-hydrogen) atoms. The van der Waals surface area contributed by atoms with Crippen LogP contribution in [-0.4, -0.2) is 37.5 Å². The predicted molar refractivity (Wildman–Crippen MR) is 73.8 cm³/mol. The molecule has 1 saturated heterocycles. The smallest absolute Gasteiger partial charge is 0.339 e. The molecule has 0 aliphatic carbocycles. The lowest BCUT2D eigenvalue weighted by atomic mass is 9.84. The van der Waals surface area contributed by atoms with Gasteiger partial charge in [0.2, 0.25) is 10.0 Å². The number of benzene rings is 1. The molecule has 1 aromatic rings. The number of fused-ring (bicyclic) bond motifs is 2. The highest BCUT2D eigenvalue weighted by atomic mass is 32.2. The summed E-state index contributed by atoms with van der Waals surface area (Å²) < 4.78 is 30.9. The van der Waals surface area contributed by atoms with Crippen LogP contribution in [0.2, 0.25) is 0 Å². The van der Waals surface area contributed by atoms with Crippen molar-refractivity contribution in [3.05, 3.63) is 35.4 Å². The van der Waals surface area contributed by atoms with Crippen LogP contribution in [0.4, 0.5) is 0 Å². The molecule has 2 heterocycles. The first-order valence-corrected chi connectivity index (χ1v) is 8.40. The first-order chi connectivity index (χ1) is 9.48. The third kappa shape index (κ3) is 1.94. The topological polar surface area (TPSA) is 63.7 Å². The van der Waals surface area contributed by atoms with Crippen LogP contribution in [0.1, 0.15) is 35.7 Å². The number of hydrogen-bond acceptors (Lipinski definition) is 4. The zero-order valence-electron chi connectivity index (χ0n) is 11.3. The van der Waals surface area contributed by atoms with Gasteiger partial charge in [0.25, 0.3) is 0 Å². The highest BCUT2D eigenvalue weighted by Gasteiger charge is 2.48. The molecule has 1 spiro atoms. The van der Waals surface area contributed by atoms with Crippen LogP contribution < -0.4 is 0 Å². The van der Waals surface area contributed by atoms with Crippen LogP contribution in [-0.2, 0) is 20.4 Å². The molecule has 0 bridgehead atoms. The molecule has 3 rings (SSSR count). The average molecular weight is 295 g/mol. The van der Waals surface area contributed by atoms with Crippen molar-refractivity contribution in [3.8, 4) is 0 Å². The van der Waals surface area contributed by atoms with E-state index in [1.54, 1.807) is 13.0 Å². The number of carbonyl (C=O) groups excluding carboxylic acids is 1. The molecule has 2 aliphatic heterocycles. The van der Waals surface area contributed by atoms with Gasteiger partial charge in [0.15, 0.2) is 0 Å². The summed E-state index contributed by atoms with van der Waals surface area (Å²) in [7, 11) is -3.17. The van der Waals surface area contributed by atoms with Gasteiger partial charge in [-0.1, -0.05) is 18.2 Å². The van der Waals surface area contributed by atoms with Crippen LogP contribution in [0.15, 0.2) is 24.3 Å². The van der Waals surface area contributed by atoms with Gasteiger partial charge >= 0.3 is 5.97 Å². The Hall–Kier alpha value is -1.40. The van der Waals surface area contributed by atoms with Gasteiger partial charge in [-0.3, -0.25) is 0 Å². The quantitative estimate of drug-likeness (QED) is 0.776. The molecule has 2 aliphatic rings. The van der Waals surface area contributed by atoms with E-state index in [4.69, 9.17) is 4.74 Å². The number of hydrogen-bond donors (Lipinski definition) is 0. The molecule has 0 saturated carbocycles. The molecular formula is C14H17NO4S. The Morgan fingerprint density at radius 3 is 2.55 bits per heavy atom. The summed E-state index contributed by atoms with van der Waals surface area (Å²) in [4.78, 5) is 11.9. The molecule has 0 amide bonds. The lowest BCUT2D eigenvalue weighted by Crippen LogP contribution is -2.45. The van der Waals surface area contributed by atoms with Crippen molar-refractivity contribution < 1.29 is 17.9 Å². The van der Waals surface area contributed by atoms with Crippen molar-refractivity contribution in [1.29, 1.82) is 0 Å². The second-order valence-corrected chi connectivity index (χ2v) is 7.49. The molecule has 0 atom stereocenters. The highest BCUT2D eigenvalue weighted by molar-refractivity contribution is 7.89. The maximum atomic E-state index is 11.9. The number of carbonyl (C=O) groups is 1. The second kappa shape index (κ2) is 4.56. The molecule has 108 valence electrons. The molecule has 0 unspecified atom stereocenters. The van der Waals surface area contributed by atoms with Crippen molar-refractivity contribution in [2.75, 3.05) is 18.8 Å². The predicted octanol–water partition coefficient (Wildman–Crippen LogP) is 1.50. The van der Waals surface area contributed by atoms with Crippen molar-refractivity contribution in [3.63, 3.8) is 0 Å². The summed E-state index contributed by atoms with van der Waals surface area (Å²) in [5.41, 5.74) is 0.880. The number of nitrogens with zero attached hydrogens (tertiary/aromatic N) is 1. The van der Waals surface area contributed by atoms with E-state index in [1.165, 1.54) is 4.31 Å². The third-order valence-corrected chi connectivity index (χ3v) is 6.10. The Bertz CT molecular complexity index is 645. The molecule has 0 radical (unpaired) electrons. The second-order valence-electron chi connectivity index (χ2n) is 5.23. The van der Waals surface area contributed by atoms with Crippen LogP contribution >= 0.6 is 0 Å². The maximum Gasteiger partial charge on any atom is 0.339 e. The average Bonchev–Trinajstić information content (AvgIpc) is 2.73. The van der Waals surface area contributed by atoms with Crippen molar-refractivity contribution in [2.24, 2.45) is 0 Å². The van der Waals surface area contributed by atoms with Gasteiger partial charge in [-0.05, 0) is 13.0 Å². The fraction of sp³-hybridized carbons (Fsp3) is 0.500. The monoisotopic (exact) mass is 295 g/mol. The summed E-state index contributed by atoms with van der Waals surface area (Å²) in [6.45, 7) is 2.44. The molecule has 0 aromatic heterocycles. The largest absolute Gasteiger partial charge is 0.450 e. The van der Waals surface area contributed by atoms with Crippen molar-refractivity contribution in [2.45, 2.75) is 25.4 Å². The van der Waals surface area contributed by atoms with E-state index < -0.39 is 15.6 Å². The number of sulfonamides is 1. The lowest BCUT2D eigenvalue weighted by molar-refractivity contribution is -0.0329. The standard InChI is InChI=1S/C14H17NO4S/c1-2-20(17,18)15-9-7-14(8-10-15)12-6-4-3-5-11(12)13(16)19-14/h3-6H,2,7-10H2,1H3. The molecule has 5 nitrogen and oxygen atoms in total. The number of piperidine rings is 1. The zero-order chi connectivity index (χ0) is 14.4. The number of ether oxygens (including phenoxy) is 1. The molecule has 1 fully saturated rings. The van der Waals surface area contributed by atoms with Gasteiger partial charge in [-0.25, -0.2) is 17.5 Å². The fourth-order valence-corrected chi connectivity index (χ4v) is 4.13. The van der Waals surface area contributed by atoms with E-state index >= 15 is 0 Å². The Balaban J connectivity index is 1.87. The van der Waals surface area contributed by atoms with Crippen molar-refractivity contribution in [1.82, 2.24) is 4.31 Å². The minimum Gasteiger partial charge on any atom is -0.450 e. The fourth-order valence-electron chi connectivity index (χ4n) is 3.03. The third-order valence-electron chi connectivity index (χ3n) is 4.21. The van der Waals surface area contributed by atoms with Gasteiger partial charge in [0.1, 0.15) is 5.60 Å². The van der Waals surface area contributed by atoms with E-state index in [0.29, 0.717) is 31.5 Å². The SMILES string of the molecule is CCS(=O)(=O)N1CCC2(CC1)OC(=O)c1ccccc12. The Kier molecular flexibility index (Phi) is 3.10. The Morgan fingerprint density at radius 1 is 1.25 bits per heavy atom. The molecule has 1 aromatic carbocycles. The van der Waals surface area contributed by atoms with E-state index in [9.17, 15) is 13.2 Å².